The zero-order valence-corrected chi connectivity index (χ0v) is 23.4. The van der Waals surface area contributed by atoms with Crippen molar-refractivity contribution in [1.29, 1.82) is 0 Å². The van der Waals surface area contributed by atoms with Crippen LogP contribution in [0.15, 0.2) is 97.1 Å². The first-order chi connectivity index (χ1) is 21.6. The van der Waals surface area contributed by atoms with Gasteiger partial charge in [0.2, 0.25) is 0 Å². The Kier molecular flexibility index (Phi) is 10.5. The Morgan fingerprint density at radius 2 is 1.20 bits per heavy atom. The van der Waals surface area contributed by atoms with Crippen LogP contribution in [0.2, 0.25) is 0 Å². The number of aliphatic hydroxyl groups is 1. The Morgan fingerprint density at radius 3 is 1.76 bits per heavy atom. The molecule has 0 radical (unpaired) electrons. The number of aliphatic hydroxyl groups excluding tert-OH is 1. The number of halogens is 10. The SMILES string of the molecule is OCC(NC(c1cccc(OCc2cccc(C(F)(F)F)c2)c1)c1cccc(OC(F)(F)C(F)F)c1)c1ccc(C(F)(F)F)cc1. The van der Waals surface area contributed by atoms with E-state index >= 15 is 0 Å². The van der Waals surface area contributed by atoms with Crippen molar-refractivity contribution in [3.8, 4) is 11.5 Å². The van der Waals surface area contributed by atoms with E-state index in [1.807, 2.05) is 0 Å². The maximum atomic E-state index is 13.7. The fourth-order valence-corrected chi connectivity index (χ4v) is 4.49. The van der Waals surface area contributed by atoms with Crippen LogP contribution in [-0.2, 0) is 19.0 Å². The molecule has 14 heteroatoms. The molecule has 4 aromatic carbocycles. The molecule has 0 bridgehead atoms. The number of rotatable bonds is 12. The van der Waals surface area contributed by atoms with Crippen molar-refractivity contribution in [2.24, 2.45) is 0 Å². The normalized spacial score (nSPS) is 13.8. The third kappa shape index (κ3) is 8.91. The smallest absolute Gasteiger partial charge is 0.461 e. The van der Waals surface area contributed by atoms with Crippen LogP contribution < -0.4 is 14.8 Å². The zero-order chi connectivity index (χ0) is 33.7. The maximum Gasteiger partial charge on any atom is 0.461 e. The number of alkyl halides is 10. The minimum Gasteiger partial charge on any atom is -0.489 e. The summed E-state index contributed by atoms with van der Waals surface area (Å²) in [5, 5.41) is 13.2. The quantitative estimate of drug-likeness (QED) is 0.149. The second-order valence-corrected chi connectivity index (χ2v) is 10.1. The lowest BCUT2D eigenvalue weighted by molar-refractivity contribution is -0.253. The summed E-state index contributed by atoms with van der Waals surface area (Å²) in [5.74, 6) is -0.449. The average molecular weight is 662 g/mol. The van der Waals surface area contributed by atoms with Crippen molar-refractivity contribution in [2.75, 3.05) is 6.61 Å². The van der Waals surface area contributed by atoms with Gasteiger partial charge >= 0.3 is 24.9 Å². The van der Waals surface area contributed by atoms with Gasteiger partial charge < -0.3 is 14.6 Å². The van der Waals surface area contributed by atoms with Gasteiger partial charge in [-0.1, -0.05) is 48.5 Å². The Labute approximate surface area is 256 Å². The number of ether oxygens (including phenoxy) is 2. The first-order valence-electron chi connectivity index (χ1n) is 13.4. The summed E-state index contributed by atoms with van der Waals surface area (Å²) in [4.78, 5) is 0. The van der Waals surface area contributed by atoms with Gasteiger partial charge in [-0.15, -0.1) is 0 Å². The van der Waals surface area contributed by atoms with Crippen LogP contribution in [0.5, 0.6) is 11.5 Å². The van der Waals surface area contributed by atoms with E-state index < -0.39 is 60.5 Å². The summed E-state index contributed by atoms with van der Waals surface area (Å²) >= 11 is 0. The number of hydrogen-bond donors (Lipinski definition) is 2. The molecule has 2 unspecified atom stereocenters. The van der Waals surface area contributed by atoms with Crippen LogP contribution in [0.3, 0.4) is 0 Å². The lowest BCUT2D eigenvalue weighted by Crippen LogP contribution is -2.33. The highest BCUT2D eigenvalue weighted by molar-refractivity contribution is 5.41. The van der Waals surface area contributed by atoms with Gasteiger partial charge in [-0.25, -0.2) is 0 Å². The van der Waals surface area contributed by atoms with Crippen LogP contribution in [0, 0.1) is 0 Å². The Morgan fingerprint density at radius 1 is 0.630 bits per heavy atom. The molecule has 0 aliphatic carbocycles. The maximum absolute atomic E-state index is 13.7. The fraction of sp³-hybridized carbons (Fsp3) is 0.250. The molecule has 0 spiro atoms. The molecule has 2 N–H and O–H groups in total. The Bertz CT molecular complexity index is 1590. The second kappa shape index (κ2) is 14.0. The van der Waals surface area contributed by atoms with Crippen LogP contribution in [0.4, 0.5) is 43.9 Å². The molecular formula is C32H25F10NO3. The second-order valence-electron chi connectivity index (χ2n) is 10.1. The van der Waals surface area contributed by atoms with Crippen molar-refractivity contribution >= 4 is 0 Å². The summed E-state index contributed by atoms with van der Waals surface area (Å²) in [6, 6.07) is 17.1. The summed E-state index contributed by atoms with van der Waals surface area (Å²) in [6.07, 6.45) is -18.1. The summed E-state index contributed by atoms with van der Waals surface area (Å²) in [6.45, 7) is -0.893. The van der Waals surface area contributed by atoms with Gasteiger partial charge in [0.1, 0.15) is 18.1 Å². The molecule has 4 rings (SSSR count). The number of hydrogen-bond acceptors (Lipinski definition) is 4. The summed E-state index contributed by atoms with van der Waals surface area (Å²) in [5.41, 5.74) is -0.839. The standard InChI is InChI=1S/C32H25F10NO3/c33-29(34)32(41,42)46-26-9-3-6-22(16-26)28(43-27(17-44)20-10-12-23(13-11-20)30(35,36)37)21-5-2-8-25(15-21)45-18-19-4-1-7-24(14-19)31(38,39)40/h1-16,27-29,43-44H,17-18H2. The Hall–Kier alpha value is -4.30. The molecule has 0 aliphatic heterocycles. The van der Waals surface area contributed by atoms with Crippen LogP contribution in [0.1, 0.15) is 45.5 Å². The minimum atomic E-state index is -4.81. The van der Waals surface area contributed by atoms with Gasteiger partial charge in [0.05, 0.1) is 29.8 Å². The zero-order valence-electron chi connectivity index (χ0n) is 23.4. The van der Waals surface area contributed by atoms with Crippen molar-refractivity contribution in [3.05, 3.63) is 130 Å². The molecule has 46 heavy (non-hydrogen) atoms. The van der Waals surface area contributed by atoms with E-state index in [4.69, 9.17) is 4.74 Å². The lowest BCUT2D eigenvalue weighted by atomic mass is 9.95. The fourth-order valence-electron chi connectivity index (χ4n) is 4.49. The predicted octanol–water partition coefficient (Wildman–Crippen LogP) is 8.95. The van der Waals surface area contributed by atoms with Gasteiger partial charge in [-0.2, -0.15) is 43.9 Å². The lowest BCUT2D eigenvalue weighted by Gasteiger charge is -2.27. The van der Waals surface area contributed by atoms with E-state index in [9.17, 15) is 49.0 Å². The monoisotopic (exact) mass is 661 g/mol. The van der Waals surface area contributed by atoms with Gasteiger partial charge in [0.15, 0.2) is 0 Å². The summed E-state index contributed by atoms with van der Waals surface area (Å²) in [7, 11) is 0. The highest BCUT2D eigenvalue weighted by atomic mass is 19.4. The third-order valence-corrected chi connectivity index (χ3v) is 6.74. The molecular weight excluding hydrogens is 636 g/mol. The highest BCUT2D eigenvalue weighted by Crippen LogP contribution is 2.35. The van der Waals surface area contributed by atoms with Crippen molar-refractivity contribution in [1.82, 2.24) is 5.32 Å². The van der Waals surface area contributed by atoms with Crippen molar-refractivity contribution in [2.45, 2.75) is 43.6 Å². The third-order valence-electron chi connectivity index (χ3n) is 6.74. The van der Waals surface area contributed by atoms with E-state index in [1.165, 1.54) is 42.5 Å². The predicted molar refractivity (Wildman–Crippen MR) is 146 cm³/mol. The van der Waals surface area contributed by atoms with Crippen LogP contribution in [-0.4, -0.2) is 24.2 Å². The van der Waals surface area contributed by atoms with Gasteiger partial charge in [-0.05, 0) is 70.8 Å². The Balaban J connectivity index is 1.67. The van der Waals surface area contributed by atoms with E-state index in [1.54, 1.807) is 6.07 Å². The average Bonchev–Trinajstić information content (AvgIpc) is 3.00. The molecule has 0 heterocycles. The molecule has 0 aliphatic rings. The van der Waals surface area contributed by atoms with E-state index in [2.05, 4.69) is 10.1 Å². The molecule has 246 valence electrons. The van der Waals surface area contributed by atoms with Gasteiger partial charge in [0, 0.05) is 0 Å². The molecule has 0 saturated carbocycles. The largest absolute Gasteiger partial charge is 0.489 e. The van der Waals surface area contributed by atoms with Gasteiger partial charge in [0.25, 0.3) is 0 Å². The molecule has 0 fully saturated rings. The van der Waals surface area contributed by atoms with Crippen LogP contribution >= 0.6 is 0 Å². The van der Waals surface area contributed by atoms with Crippen molar-refractivity contribution in [3.63, 3.8) is 0 Å². The number of nitrogens with one attached hydrogen (secondary N) is 1. The molecule has 0 aromatic heterocycles. The first kappa shape index (κ1) is 34.6. The van der Waals surface area contributed by atoms with Gasteiger partial charge in [-0.3, -0.25) is 5.32 Å². The van der Waals surface area contributed by atoms with Crippen molar-refractivity contribution < 1.29 is 58.5 Å². The van der Waals surface area contributed by atoms with E-state index in [-0.39, 0.29) is 29.0 Å². The molecule has 4 aromatic rings. The molecule has 4 nitrogen and oxygen atoms in total. The molecule has 2 atom stereocenters. The molecule has 0 amide bonds. The topological polar surface area (TPSA) is 50.7 Å². The van der Waals surface area contributed by atoms with E-state index in [0.717, 1.165) is 48.5 Å². The van der Waals surface area contributed by atoms with Crippen LogP contribution in [0.25, 0.3) is 0 Å². The first-order valence-corrected chi connectivity index (χ1v) is 13.4. The highest BCUT2D eigenvalue weighted by Gasteiger charge is 2.44. The minimum absolute atomic E-state index is 0.169. The molecule has 0 saturated heterocycles. The number of benzene rings is 4. The van der Waals surface area contributed by atoms with E-state index in [0.29, 0.717) is 5.56 Å². The summed E-state index contributed by atoms with van der Waals surface area (Å²) < 4.78 is 142.